The van der Waals surface area contributed by atoms with Crippen molar-refractivity contribution >= 4 is 55.0 Å². The van der Waals surface area contributed by atoms with Gasteiger partial charge in [0, 0.05) is 42.2 Å². The van der Waals surface area contributed by atoms with E-state index in [2.05, 4.69) is 16.1 Å². The molecule has 0 aromatic heterocycles. The topological polar surface area (TPSA) is 70.1 Å². The number of rotatable bonds is 5. The molecular weight excluding hydrogens is 466 g/mol. The third kappa shape index (κ3) is 4.40. The van der Waals surface area contributed by atoms with E-state index in [9.17, 15) is 13.2 Å². The Balaban J connectivity index is 1.16. The van der Waals surface area contributed by atoms with Gasteiger partial charge in [-0.25, -0.2) is 8.42 Å². The molecule has 0 saturated carbocycles. The number of aliphatic imine (C=N–C) groups is 1. The van der Waals surface area contributed by atoms with Gasteiger partial charge in [-0.15, -0.1) is 0 Å². The molecule has 0 aliphatic carbocycles. The lowest BCUT2D eigenvalue weighted by Gasteiger charge is -2.32. The lowest BCUT2D eigenvalue weighted by molar-refractivity contribution is -0.131. The van der Waals surface area contributed by atoms with Crippen LogP contribution in [0, 0.1) is 5.92 Å². The van der Waals surface area contributed by atoms with Crippen LogP contribution in [0.15, 0.2) is 57.4 Å². The fourth-order valence-electron chi connectivity index (χ4n) is 4.42. The number of fused-ring (bicyclic) bond motifs is 2. The molecule has 1 fully saturated rings. The van der Waals surface area contributed by atoms with E-state index in [1.807, 2.05) is 4.90 Å². The van der Waals surface area contributed by atoms with E-state index < -0.39 is 9.84 Å². The van der Waals surface area contributed by atoms with Crippen molar-refractivity contribution in [2.75, 3.05) is 31.9 Å². The number of allylic oxidation sites excluding steroid dienone is 1. The second kappa shape index (κ2) is 8.72. The molecule has 0 N–H and O–H groups in total. The van der Waals surface area contributed by atoms with Crippen LogP contribution in [0.4, 0.5) is 0 Å². The molecule has 1 amide bonds. The summed E-state index contributed by atoms with van der Waals surface area (Å²) in [4.78, 5) is 22.8. The number of halogens is 1. The number of benzene rings is 2. The highest BCUT2D eigenvalue weighted by Gasteiger charge is 2.32. The van der Waals surface area contributed by atoms with Crippen LogP contribution in [0.1, 0.15) is 19.3 Å². The van der Waals surface area contributed by atoms with Gasteiger partial charge in [0.25, 0.3) is 0 Å². The van der Waals surface area contributed by atoms with E-state index >= 15 is 0 Å². The molecule has 0 spiro atoms. The SMILES string of the molecule is O=C(CCS(=O)(=O)c1ccc2cc(Cl)ccc2c1)N1CCC(C2=CN3CCN=C3S2)CC1. The van der Waals surface area contributed by atoms with Gasteiger partial charge >= 0.3 is 0 Å². The minimum absolute atomic E-state index is 0.00762. The summed E-state index contributed by atoms with van der Waals surface area (Å²) in [6, 6.07) is 10.3. The number of hydrogen-bond donors (Lipinski definition) is 0. The van der Waals surface area contributed by atoms with Crippen molar-refractivity contribution < 1.29 is 13.2 Å². The van der Waals surface area contributed by atoms with Crippen LogP contribution in [0.5, 0.6) is 0 Å². The monoisotopic (exact) mass is 489 g/mol. The molecule has 2 aromatic rings. The van der Waals surface area contributed by atoms with Gasteiger partial charge in [-0.05, 0) is 53.8 Å². The predicted molar refractivity (Wildman–Crippen MR) is 130 cm³/mol. The average molecular weight is 490 g/mol. The molecule has 1 saturated heterocycles. The Morgan fingerprint density at radius 3 is 2.62 bits per heavy atom. The van der Waals surface area contributed by atoms with Crippen LogP contribution in [0.25, 0.3) is 10.8 Å². The van der Waals surface area contributed by atoms with Crippen LogP contribution in [-0.4, -0.2) is 61.2 Å². The molecule has 0 radical (unpaired) electrons. The van der Waals surface area contributed by atoms with Crippen molar-refractivity contribution in [2.45, 2.75) is 24.2 Å². The molecule has 2 aromatic carbocycles. The number of piperidine rings is 1. The maximum Gasteiger partial charge on any atom is 0.223 e. The Labute approximate surface area is 197 Å². The van der Waals surface area contributed by atoms with Gasteiger partial charge in [-0.2, -0.15) is 0 Å². The molecule has 3 aliphatic heterocycles. The van der Waals surface area contributed by atoms with E-state index in [0.717, 1.165) is 41.9 Å². The Hall–Kier alpha value is -2.03. The Morgan fingerprint density at radius 1 is 1.09 bits per heavy atom. The number of thioether (sulfide) groups is 1. The quantitative estimate of drug-likeness (QED) is 0.630. The molecule has 3 heterocycles. The van der Waals surface area contributed by atoms with Crippen molar-refractivity contribution in [3.63, 3.8) is 0 Å². The molecule has 3 aliphatic rings. The summed E-state index contributed by atoms with van der Waals surface area (Å²) in [6.07, 6.45) is 4.04. The second-order valence-electron chi connectivity index (χ2n) is 8.37. The van der Waals surface area contributed by atoms with Crippen molar-refractivity contribution in [3.05, 3.63) is 52.5 Å². The van der Waals surface area contributed by atoms with Crippen molar-refractivity contribution in [2.24, 2.45) is 10.9 Å². The van der Waals surface area contributed by atoms with E-state index in [0.29, 0.717) is 24.0 Å². The van der Waals surface area contributed by atoms with Gasteiger partial charge in [0.15, 0.2) is 15.0 Å². The van der Waals surface area contributed by atoms with E-state index in [1.54, 1.807) is 48.2 Å². The largest absolute Gasteiger partial charge is 0.343 e. The standard InChI is InChI=1S/C23H24ClN3O3S2/c24-19-3-1-18-14-20(4-2-17(18)13-19)32(29,30)12-7-22(28)26-9-5-16(6-10-26)21-15-27-11-8-25-23(27)31-21/h1-4,13-16H,5-12H2. The fourth-order valence-corrected chi connectivity index (χ4v) is 7.08. The predicted octanol–water partition coefficient (Wildman–Crippen LogP) is 4.16. The number of amidine groups is 1. The number of carbonyl (C=O) groups excluding carboxylic acids is 1. The second-order valence-corrected chi connectivity index (χ2v) is 12.0. The summed E-state index contributed by atoms with van der Waals surface area (Å²) < 4.78 is 25.7. The van der Waals surface area contributed by atoms with Gasteiger partial charge in [0.2, 0.25) is 5.91 Å². The maximum atomic E-state index is 12.8. The number of carbonyl (C=O) groups is 1. The Kier molecular flexibility index (Phi) is 5.94. The summed E-state index contributed by atoms with van der Waals surface area (Å²) in [6.45, 7) is 3.17. The first-order valence-electron chi connectivity index (χ1n) is 10.8. The lowest BCUT2D eigenvalue weighted by Crippen LogP contribution is -2.39. The van der Waals surface area contributed by atoms with Crippen molar-refractivity contribution in [1.29, 1.82) is 0 Å². The molecule has 9 heteroatoms. The molecule has 0 unspecified atom stereocenters. The molecule has 6 nitrogen and oxygen atoms in total. The lowest BCUT2D eigenvalue weighted by atomic mass is 9.96. The third-order valence-corrected chi connectivity index (χ3v) is 9.46. The fraction of sp³-hybridized carbons (Fsp3) is 0.391. The van der Waals surface area contributed by atoms with Gasteiger partial charge in [-0.1, -0.05) is 35.5 Å². The zero-order chi connectivity index (χ0) is 22.3. The Bertz CT molecular complexity index is 1230. The van der Waals surface area contributed by atoms with Gasteiger partial charge in [0.05, 0.1) is 17.2 Å². The third-order valence-electron chi connectivity index (χ3n) is 6.29. The first kappa shape index (κ1) is 21.8. The zero-order valence-corrected chi connectivity index (χ0v) is 19.9. The molecule has 5 rings (SSSR count). The minimum Gasteiger partial charge on any atom is -0.343 e. The summed E-state index contributed by atoms with van der Waals surface area (Å²) in [5.74, 6) is 0.186. The summed E-state index contributed by atoms with van der Waals surface area (Å²) in [5, 5.41) is 3.41. The number of sulfone groups is 1. The molecular formula is C23H24ClN3O3S2. The summed E-state index contributed by atoms with van der Waals surface area (Å²) in [5.41, 5.74) is 0. The smallest absolute Gasteiger partial charge is 0.223 e. The highest BCUT2D eigenvalue weighted by Crippen LogP contribution is 2.39. The number of hydrogen-bond acceptors (Lipinski definition) is 6. The number of nitrogens with zero attached hydrogens (tertiary/aromatic N) is 3. The van der Waals surface area contributed by atoms with Crippen LogP contribution in [-0.2, 0) is 14.6 Å². The van der Waals surface area contributed by atoms with E-state index in [1.165, 1.54) is 4.91 Å². The minimum atomic E-state index is -3.54. The van der Waals surface area contributed by atoms with Gasteiger partial charge < -0.3 is 9.80 Å². The Morgan fingerprint density at radius 2 is 1.84 bits per heavy atom. The van der Waals surface area contributed by atoms with E-state index in [-0.39, 0.29) is 23.0 Å². The zero-order valence-electron chi connectivity index (χ0n) is 17.5. The normalized spacial score (nSPS) is 19.3. The molecule has 32 heavy (non-hydrogen) atoms. The van der Waals surface area contributed by atoms with Crippen molar-refractivity contribution in [1.82, 2.24) is 9.80 Å². The number of likely N-dealkylation sites (tertiary alicyclic amines) is 1. The summed E-state index contributed by atoms with van der Waals surface area (Å²) in [7, 11) is -3.54. The highest BCUT2D eigenvalue weighted by atomic mass is 35.5. The highest BCUT2D eigenvalue weighted by molar-refractivity contribution is 8.17. The molecule has 0 bridgehead atoms. The first-order chi connectivity index (χ1) is 15.4. The van der Waals surface area contributed by atoms with Gasteiger partial charge in [-0.3, -0.25) is 9.79 Å². The van der Waals surface area contributed by atoms with E-state index in [4.69, 9.17) is 11.6 Å². The van der Waals surface area contributed by atoms with Crippen LogP contribution >= 0.6 is 23.4 Å². The first-order valence-corrected chi connectivity index (χ1v) is 13.6. The van der Waals surface area contributed by atoms with Crippen LogP contribution < -0.4 is 0 Å². The number of amides is 1. The van der Waals surface area contributed by atoms with Gasteiger partial charge in [0.1, 0.15) is 0 Å². The molecule has 168 valence electrons. The average Bonchev–Trinajstić information content (AvgIpc) is 3.40. The maximum absolute atomic E-state index is 12.8. The van der Waals surface area contributed by atoms with Crippen LogP contribution in [0.3, 0.4) is 0 Å². The summed E-state index contributed by atoms with van der Waals surface area (Å²) >= 11 is 7.76. The van der Waals surface area contributed by atoms with Crippen LogP contribution in [0.2, 0.25) is 5.02 Å². The van der Waals surface area contributed by atoms with Crippen molar-refractivity contribution in [3.8, 4) is 0 Å². The molecule has 0 atom stereocenters.